The number of aryl methyl sites for hydroxylation is 1. The molecule has 0 bridgehead atoms. The molecule has 0 spiro atoms. The summed E-state index contributed by atoms with van der Waals surface area (Å²) in [5.74, 6) is 0.595. The van der Waals surface area contributed by atoms with Gasteiger partial charge in [0, 0.05) is 24.9 Å². The van der Waals surface area contributed by atoms with E-state index in [2.05, 4.69) is 20.4 Å². The Bertz CT molecular complexity index is 863. The Balaban J connectivity index is 1.67. The second kappa shape index (κ2) is 7.61. The molecule has 0 fully saturated rings. The van der Waals surface area contributed by atoms with Gasteiger partial charge < -0.3 is 10.3 Å². The summed E-state index contributed by atoms with van der Waals surface area (Å²) in [6, 6.07) is 9.82. The molecule has 1 unspecified atom stereocenters. The number of aromatic nitrogens is 4. The molecule has 1 atom stereocenters. The summed E-state index contributed by atoms with van der Waals surface area (Å²) in [6.07, 6.45) is 9.35. The molecule has 2 N–H and O–H groups in total. The first-order chi connectivity index (χ1) is 12.2. The van der Waals surface area contributed by atoms with Gasteiger partial charge in [-0.15, -0.1) is 0 Å². The molecule has 6 heteroatoms. The van der Waals surface area contributed by atoms with Crippen molar-refractivity contribution in [1.82, 2.24) is 25.1 Å². The van der Waals surface area contributed by atoms with Crippen LogP contribution in [0.4, 0.5) is 0 Å². The van der Waals surface area contributed by atoms with Gasteiger partial charge in [-0.1, -0.05) is 37.3 Å². The number of H-pyrrole nitrogens is 1. The Morgan fingerprint density at radius 3 is 2.80 bits per heavy atom. The maximum atomic E-state index is 12.2. The van der Waals surface area contributed by atoms with Crippen molar-refractivity contribution in [2.24, 2.45) is 7.05 Å². The van der Waals surface area contributed by atoms with Crippen molar-refractivity contribution in [3.8, 4) is 11.3 Å². The minimum absolute atomic E-state index is 0.159. The third-order valence-corrected chi connectivity index (χ3v) is 3.89. The molecule has 6 nitrogen and oxygen atoms in total. The number of nitrogens with zero attached hydrogens (tertiary/aromatic N) is 3. The van der Waals surface area contributed by atoms with Crippen LogP contribution in [0.15, 0.2) is 55.0 Å². The molecule has 1 aromatic carbocycles. The van der Waals surface area contributed by atoms with Crippen LogP contribution < -0.4 is 5.32 Å². The Morgan fingerprint density at radius 2 is 2.12 bits per heavy atom. The van der Waals surface area contributed by atoms with Crippen LogP contribution in [0.3, 0.4) is 0 Å². The number of carbonyl (C=O) groups excluding carboxylic acids is 1. The number of benzene rings is 1. The predicted molar refractivity (Wildman–Crippen MR) is 97.4 cm³/mol. The highest BCUT2D eigenvalue weighted by Gasteiger charge is 2.15. The number of imidazole rings is 1. The van der Waals surface area contributed by atoms with Gasteiger partial charge >= 0.3 is 0 Å². The molecule has 2 aromatic heterocycles. The average Bonchev–Trinajstić information content (AvgIpc) is 3.28. The lowest BCUT2D eigenvalue weighted by Crippen LogP contribution is -2.27. The molecular formula is C19H21N5O. The topological polar surface area (TPSA) is 75.6 Å². The summed E-state index contributed by atoms with van der Waals surface area (Å²) in [5.41, 5.74) is 2.89. The van der Waals surface area contributed by atoms with Crippen LogP contribution in [0.2, 0.25) is 0 Å². The Labute approximate surface area is 146 Å². The van der Waals surface area contributed by atoms with Crippen LogP contribution in [-0.2, 0) is 11.8 Å². The van der Waals surface area contributed by atoms with Gasteiger partial charge in [0.25, 0.3) is 0 Å². The van der Waals surface area contributed by atoms with Crippen molar-refractivity contribution in [2.75, 3.05) is 0 Å². The highest BCUT2D eigenvalue weighted by molar-refractivity contribution is 5.91. The first kappa shape index (κ1) is 16.7. The molecule has 1 amide bonds. The highest BCUT2D eigenvalue weighted by atomic mass is 16.1. The van der Waals surface area contributed by atoms with Gasteiger partial charge in [0.1, 0.15) is 5.82 Å². The van der Waals surface area contributed by atoms with E-state index in [9.17, 15) is 4.79 Å². The minimum atomic E-state index is -0.163. The van der Waals surface area contributed by atoms with Crippen LogP contribution >= 0.6 is 0 Å². The van der Waals surface area contributed by atoms with E-state index in [0.29, 0.717) is 0 Å². The number of rotatable bonds is 6. The maximum absolute atomic E-state index is 12.2. The van der Waals surface area contributed by atoms with E-state index in [1.165, 1.54) is 6.08 Å². The van der Waals surface area contributed by atoms with Crippen LogP contribution in [0.5, 0.6) is 0 Å². The third-order valence-electron chi connectivity index (χ3n) is 3.89. The first-order valence-electron chi connectivity index (χ1n) is 8.23. The number of nitrogens with one attached hydrogen (secondary N) is 2. The zero-order chi connectivity index (χ0) is 17.6. The minimum Gasteiger partial charge on any atom is -0.343 e. The van der Waals surface area contributed by atoms with Crippen molar-refractivity contribution in [1.29, 1.82) is 0 Å². The molecule has 0 saturated carbocycles. The van der Waals surface area contributed by atoms with Crippen molar-refractivity contribution >= 4 is 12.0 Å². The summed E-state index contributed by atoms with van der Waals surface area (Å²) in [4.78, 5) is 19.9. The summed E-state index contributed by atoms with van der Waals surface area (Å²) >= 11 is 0. The zero-order valence-corrected chi connectivity index (χ0v) is 14.3. The van der Waals surface area contributed by atoms with Gasteiger partial charge in [0.05, 0.1) is 24.1 Å². The quantitative estimate of drug-likeness (QED) is 0.680. The molecular weight excluding hydrogens is 314 g/mol. The molecule has 3 rings (SSSR count). The molecule has 25 heavy (non-hydrogen) atoms. The second-order valence-corrected chi connectivity index (χ2v) is 5.80. The van der Waals surface area contributed by atoms with Crippen molar-refractivity contribution in [3.63, 3.8) is 0 Å². The van der Waals surface area contributed by atoms with Crippen molar-refractivity contribution in [3.05, 3.63) is 66.4 Å². The molecule has 0 saturated heterocycles. The zero-order valence-electron chi connectivity index (χ0n) is 14.3. The van der Waals surface area contributed by atoms with Crippen LogP contribution in [0, 0.1) is 0 Å². The van der Waals surface area contributed by atoms with Gasteiger partial charge in [-0.2, -0.15) is 5.10 Å². The van der Waals surface area contributed by atoms with Crippen LogP contribution in [0.25, 0.3) is 17.3 Å². The lowest BCUT2D eigenvalue weighted by Gasteiger charge is -2.13. The summed E-state index contributed by atoms with van der Waals surface area (Å²) in [6.45, 7) is 2.01. The number of hydrogen-bond acceptors (Lipinski definition) is 3. The standard InChI is InChI=1S/C19H21N5O/c1-3-16(22-18(25)10-9-14-11-21-24(2)13-14)19-20-12-17(23-19)15-7-5-4-6-8-15/h4-13,16H,3H2,1-2H3,(H,20,23)(H,22,25). The Morgan fingerprint density at radius 1 is 1.32 bits per heavy atom. The molecule has 0 aliphatic heterocycles. The lowest BCUT2D eigenvalue weighted by atomic mass is 10.2. The van der Waals surface area contributed by atoms with Crippen LogP contribution in [-0.4, -0.2) is 25.7 Å². The van der Waals surface area contributed by atoms with E-state index in [1.807, 2.05) is 50.5 Å². The Hall–Kier alpha value is -3.15. The monoisotopic (exact) mass is 335 g/mol. The molecule has 0 radical (unpaired) electrons. The van der Waals surface area contributed by atoms with E-state index < -0.39 is 0 Å². The number of hydrogen-bond donors (Lipinski definition) is 2. The molecule has 2 heterocycles. The normalized spacial score (nSPS) is 12.4. The highest BCUT2D eigenvalue weighted by Crippen LogP contribution is 2.20. The molecule has 0 aliphatic carbocycles. The average molecular weight is 335 g/mol. The van der Waals surface area contributed by atoms with Crippen molar-refractivity contribution < 1.29 is 4.79 Å². The van der Waals surface area contributed by atoms with E-state index in [4.69, 9.17) is 0 Å². The van der Waals surface area contributed by atoms with Gasteiger partial charge in [-0.25, -0.2) is 4.98 Å². The van der Waals surface area contributed by atoms with Crippen LogP contribution in [0.1, 0.15) is 30.8 Å². The van der Waals surface area contributed by atoms with E-state index in [0.717, 1.165) is 29.1 Å². The van der Waals surface area contributed by atoms with Gasteiger partial charge in [-0.3, -0.25) is 9.48 Å². The fourth-order valence-electron chi connectivity index (χ4n) is 2.56. The fourth-order valence-corrected chi connectivity index (χ4v) is 2.56. The number of carbonyl (C=O) groups is 1. The molecule has 3 aromatic rings. The number of aromatic amines is 1. The summed E-state index contributed by atoms with van der Waals surface area (Å²) < 4.78 is 1.69. The fraction of sp³-hybridized carbons (Fsp3) is 0.211. The Kier molecular flexibility index (Phi) is 5.09. The largest absolute Gasteiger partial charge is 0.343 e. The third kappa shape index (κ3) is 4.23. The van der Waals surface area contributed by atoms with Gasteiger partial charge in [0.2, 0.25) is 5.91 Å². The van der Waals surface area contributed by atoms with E-state index in [1.54, 1.807) is 23.2 Å². The molecule has 0 aliphatic rings. The predicted octanol–water partition coefficient (Wildman–Crippen LogP) is 3.09. The summed E-state index contributed by atoms with van der Waals surface area (Å²) in [7, 11) is 1.84. The van der Waals surface area contributed by atoms with Gasteiger partial charge in [-0.05, 0) is 18.1 Å². The van der Waals surface area contributed by atoms with E-state index >= 15 is 0 Å². The smallest absolute Gasteiger partial charge is 0.244 e. The first-order valence-corrected chi connectivity index (χ1v) is 8.23. The van der Waals surface area contributed by atoms with E-state index in [-0.39, 0.29) is 11.9 Å². The summed E-state index contributed by atoms with van der Waals surface area (Å²) in [5, 5.41) is 7.05. The van der Waals surface area contributed by atoms with Gasteiger partial charge in [0.15, 0.2) is 0 Å². The number of amides is 1. The molecule has 128 valence electrons. The lowest BCUT2D eigenvalue weighted by molar-refractivity contribution is -0.117. The SMILES string of the molecule is CCC(NC(=O)C=Cc1cnn(C)c1)c1ncc(-c2ccccc2)[nH]1. The maximum Gasteiger partial charge on any atom is 0.244 e. The van der Waals surface area contributed by atoms with Crippen molar-refractivity contribution in [2.45, 2.75) is 19.4 Å². The second-order valence-electron chi connectivity index (χ2n) is 5.80.